The highest BCUT2D eigenvalue weighted by Gasteiger charge is 2.33. The van der Waals surface area contributed by atoms with E-state index in [1.165, 1.54) is 6.07 Å². The zero-order valence-corrected chi connectivity index (χ0v) is 38.0. The monoisotopic (exact) mass is 932 g/mol. The molecule has 0 N–H and O–H groups in total. The molecule has 0 aliphatic rings. The summed E-state index contributed by atoms with van der Waals surface area (Å²) in [5, 5.41) is 29.6. The van der Waals surface area contributed by atoms with Crippen molar-refractivity contribution in [3.8, 4) is 46.0 Å². The minimum atomic E-state index is -4.78. The number of alkyl halides is 3. The molecule has 14 rings (SSSR count). The number of fused-ring (bicyclic) bond motifs is 12. The summed E-state index contributed by atoms with van der Waals surface area (Å²) >= 11 is 0. The molecule has 0 amide bonds. The van der Waals surface area contributed by atoms with Crippen molar-refractivity contribution in [2.75, 3.05) is 0 Å². The third kappa shape index (κ3) is 5.95. The van der Waals surface area contributed by atoms with Crippen molar-refractivity contribution in [3.05, 3.63) is 229 Å². The van der Waals surface area contributed by atoms with E-state index in [0.29, 0.717) is 22.5 Å². The van der Waals surface area contributed by atoms with E-state index >= 15 is 13.2 Å². The van der Waals surface area contributed by atoms with E-state index in [0.717, 1.165) is 111 Å². The summed E-state index contributed by atoms with van der Waals surface area (Å²) < 4.78 is 54.0. The van der Waals surface area contributed by atoms with Gasteiger partial charge in [-0.25, -0.2) is 0 Å². The summed E-state index contributed by atoms with van der Waals surface area (Å²) in [5.74, 6) is 0. The molecule has 0 radical (unpaired) electrons. The van der Waals surface area contributed by atoms with Crippen molar-refractivity contribution < 1.29 is 13.2 Å². The molecule has 0 atom stereocenters. The van der Waals surface area contributed by atoms with Crippen LogP contribution in [0.4, 0.5) is 13.2 Å². The van der Waals surface area contributed by atoms with Gasteiger partial charge in [-0.05, 0) is 96.6 Å². The smallest absolute Gasteiger partial charge is 0.309 e. The molecule has 0 fully saturated rings. The number of hydrogen-bond donors (Lipinski definition) is 0. The number of para-hydroxylation sites is 6. The first kappa shape index (κ1) is 41.2. The van der Waals surface area contributed by atoms with Gasteiger partial charge in [0.2, 0.25) is 0 Å². The highest BCUT2D eigenvalue weighted by atomic mass is 19.4. The van der Waals surface area contributed by atoms with Crippen molar-refractivity contribution in [2.24, 2.45) is 0 Å². The largest absolute Gasteiger partial charge is 0.416 e. The number of aromatic nitrogens is 4. The van der Waals surface area contributed by atoms with Crippen LogP contribution in [0.25, 0.3) is 121 Å². The maximum absolute atomic E-state index is 15.1. The van der Waals surface area contributed by atoms with E-state index in [9.17, 15) is 10.5 Å². The van der Waals surface area contributed by atoms with Crippen LogP contribution >= 0.6 is 0 Å². The number of rotatable bonds is 5. The molecule has 6 nitrogen and oxygen atoms in total. The second-order valence-electron chi connectivity index (χ2n) is 18.3. The quantitative estimate of drug-likeness (QED) is 0.173. The predicted molar refractivity (Wildman–Crippen MR) is 284 cm³/mol. The molecule has 14 aromatic rings. The van der Waals surface area contributed by atoms with Gasteiger partial charge in [0, 0.05) is 60.0 Å². The lowest BCUT2D eigenvalue weighted by atomic mass is 9.94. The molecular weight excluding hydrogens is 898 g/mol. The van der Waals surface area contributed by atoms with Crippen LogP contribution in [0.15, 0.2) is 212 Å². The SMILES string of the molecule is N#Cc1cc(-c2c(-n3c4ccccc4c4ccc(-n5c6ccccc6c6ccccc65)cc43)cc(C#N)cc2-n2c3ccccc3c3ccc(-n4c5ccccc5c5ccccc54)cc32)cc(C(F)(F)F)c1. The highest BCUT2D eigenvalue weighted by Crippen LogP contribution is 2.46. The van der Waals surface area contributed by atoms with Gasteiger partial charge in [-0.3, -0.25) is 0 Å². The number of benzene rings is 10. The van der Waals surface area contributed by atoms with E-state index in [1.54, 1.807) is 12.1 Å². The second-order valence-corrected chi connectivity index (χ2v) is 18.3. The molecule has 0 saturated heterocycles. The molecule has 0 unspecified atom stereocenters. The average Bonchev–Trinajstić information content (AvgIpc) is 4.14. The van der Waals surface area contributed by atoms with Crippen LogP contribution in [0.3, 0.4) is 0 Å². The van der Waals surface area contributed by atoms with E-state index in [4.69, 9.17) is 0 Å². The van der Waals surface area contributed by atoms with Crippen molar-refractivity contribution in [1.29, 1.82) is 10.5 Å². The van der Waals surface area contributed by atoms with Crippen molar-refractivity contribution in [2.45, 2.75) is 6.18 Å². The Bertz CT molecular complexity index is 4360. The summed E-state index contributed by atoms with van der Waals surface area (Å²) in [4.78, 5) is 0. The fourth-order valence-corrected chi connectivity index (χ4v) is 11.4. The maximum atomic E-state index is 15.1. The van der Waals surface area contributed by atoms with Gasteiger partial charge < -0.3 is 18.3 Å². The van der Waals surface area contributed by atoms with E-state index in [1.807, 2.05) is 103 Å². The maximum Gasteiger partial charge on any atom is 0.416 e. The minimum absolute atomic E-state index is 0.146. The third-order valence-corrected chi connectivity index (χ3v) is 14.4. The molecule has 0 bridgehead atoms. The lowest BCUT2D eigenvalue weighted by Crippen LogP contribution is -2.08. The zero-order chi connectivity index (χ0) is 48.4. The summed E-state index contributed by atoms with van der Waals surface area (Å²) in [6.45, 7) is 0. The first-order valence-electron chi connectivity index (χ1n) is 23.5. The number of halogens is 3. The predicted octanol–water partition coefficient (Wildman–Crippen LogP) is 16.5. The van der Waals surface area contributed by atoms with Crippen LogP contribution in [0, 0.1) is 22.7 Å². The first-order chi connectivity index (χ1) is 35.3. The summed E-state index contributed by atoms with van der Waals surface area (Å²) in [5.41, 5.74) is 9.72. The molecule has 0 aliphatic heterocycles. The normalized spacial score (nSPS) is 12.1. The molecule has 4 heterocycles. The summed E-state index contributed by atoms with van der Waals surface area (Å²) in [6, 6.07) is 73.3. The molecule has 72 heavy (non-hydrogen) atoms. The first-order valence-corrected chi connectivity index (χ1v) is 23.5. The van der Waals surface area contributed by atoms with Gasteiger partial charge in [0.15, 0.2) is 0 Å². The van der Waals surface area contributed by atoms with E-state index < -0.39 is 11.7 Å². The van der Waals surface area contributed by atoms with Gasteiger partial charge >= 0.3 is 6.18 Å². The molecule has 10 aromatic carbocycles. The molecular formula is C63H35F3N6. The van der Waals surface area contributed by atoms with E-state index in [-0.39, 0.29) is 11.1 Å². The Kier molecular flexibility index (Phi) is 8.77. The van der Waals surface area contributed by atoms with Crippen LogP contribution in [-0.4, -0.2) is 18.3 Å². The summed E-state index contributed by atoms with van der Waals surface area (Å²) in [6.07, 6.45) is -4.78. The fourth-order valence-electron chi connectivity index (χ4n) is 11.4. The van der Waals surface area contributed by atoms with Gasteiger partial charge in [-0.1, -0.05) is 121 Å². The second kappa shape index (κ2) is 15.3. The van der Waals surface area contributed by atoms with Crippen molar-refractivity contribution in [3.63, 3.8) is 0 Å². The van der Waals surface area contributed by atoms with E-state index in [2.05, 4.69) is 109 Å². The zero-order valence-electron chi connectivity index (χ0n) is 38.0. The van der Waals surface area contributed by atoms with Gasteiger partial charge in [-0.15, -0.1) is 0 Å². The van der Waals surface area contributed by atoms with Crippen molar-refractivity contribution in [1.82, 2.24) is 18.3 Å². The Hall–Kier alpha value is -9.83. The Labute approximate surface area is 408 Å². The van der Waals surface area contributed by atoms with Gasteiger partial charge in [0.25, 0.3) is 0 Å². The number of nitrogens with zero attached hydrogens (tertiary/aromatic N) is 6. The van der Waals surface area contributed by atoms with Crippen molar-refractivity contribution >= 4 is 87.2 Å². The van der Waals surface area contributed by atoms with Gasteiger partial charge in [0.05, 0.1) is 84.3 Å². The molecule has 338 valence electrons. The molecule has 0 saturated carbocycles. The summed E-state index contributed by atoms with van der Waals surface area (Å²) in [7, 11) is 0. The lowest BCUT2D eigenvalue weighted by molar-refractivity contribution is -0.137. The Morgan fingerprint density at radius 2 is 0.639 bits per heavy atom. The Balaban J connectivity index is 1.14. The number of nitriles is 2. The van der Waals surface area contributed by atoms with Crippen LogP contribution in [0.5, 0.6) is 0 Å². The lowest BCUT2D eigenvalue weighted by Gasteiger charge is -2.22. The number of hydrogen-bond acceptors (Lipinski definition) is 2. The van der Waals surface area contributed by atoms with Gasteiger partial charge in [-0.2, -0.15) is 23.7 Å². The Morgan fingerprint density at radius 1 is 0.319 bits per heavy atom. The van der Waals surface area contributed by atoms with Gasteiger partial charge in [0.1, 0.15) is 0 Å². The molecule has 9 heteroatoms. The molecule has 0 aliphatic carbocycles. The Morgan fingerprint density at radius 3 is 0.986 bits per heavy atom. The van der Waals surface area contributed by atoms with Crippen LogP contribution in [0.2, 0.25) is 0 Å². The average molecular weight is 933 g/mol. The third-order valence-electron chi connectivity index (χ3n) is 14.4. The minimum Gasteiger partial charge on any atom is -0.309 e. The standard InChI is InChI=1S/C63H35F3N6/c64-63(65,66)41-30-38(36-67)29-40(33-41)62-60(71-56-23-11-5-17-48(56)50-27-25-42(34-58(50)71)69-52-19-7-1-13-44(52)45-14-2-8-20-53(45)69)31-39(37-68)32-61(62)72-57-24-12-6-18-49(57)51-28-26-43(35-59(51)72)70-54-21-9-3-15-46(54)47-16-4-10-22-55(47)70/h1-35H. The van der Waals surface area contributed by atoms with Crippen LogP contribution in [-0.2, 0) is 6.18 Å². The van der Waals surface area contributed by atoms with Crippen LogP contribution in [0.1, 0.15) is 16.7 Å². The van der Waals surface area contributed by atoms with Crippen LogP contribution < -0.4 is 0 Å². The molecule has 4 aromatic heterocycles. The topological polar surface area (TPSA) is 67.3 Å². The highest BCUT2D eigenvalue weighted by molar-refractivity contribution is 6.15. The fraction of sp³-hybridized carbons (Fsp3) is 0.0159. The molecule has 0 spiro atoms.